The Morgan fingerprint density at radius 1 is 1.15 bits per heavy atom. The van der Waals surface area contributed by atoms with Crippen LogP contribution >= 0.6 is 23.2 Å². The van der Waals surface area contributed by atoms with E-state index in [4.69, 9.17) is 28.2 Å². The van der Waals surface area contributed by atoms with Crippen molar-refractivity contribution in [2.45, 2.75) is 49.8 Å². The zero-order chi connectivity index (χ0) is 24.0. The van der Waals surface area contributed by atoms with E-state index in [0.29, 0.717) is 37.5 Å². The Morgan fingerprint density at radius 2 is 1.79 bits per heavy atom. The monoisotopic (exact) mass is 515 g/mol. The molecule has 1 aromatic heterocycles. The number of H-pyrrole nitrogens is 1. The van der Waals surface area contributed by atoms with Gasteiger partial charge < -0.3 is 9.88 Å². The summed E-state index contributed by atoms with van der Waals surface area (Å²) in [5.74, 6) is -2.05. The van der Waals surface area contributed by atoms with Gasteiger partial charge in [-0.3, -0.25) is 0 Å². The average Bonchev–Trinajstić information content (AvgIpc) is 3.19. The van der Waals surface area contributed by atoms with Crippen LogP contribution in [0.1, 0.15) is 50.4 Å². The average molecular weight is 516 g/mol. The van der Waals surface area contributed by atoms with Crippen molar-refractivity contribution < 1.29 is 17.2 Å². The van der Waals surface area contributed by atoms with E-state index in [0.717, 1.165) is 12.0 Å². The highest BCUT2D eigenvalue weighted by atomic mass is 35.5. The summed E-state index contributed by atoms with van der Waals surface area (Å²) in [4.78, 5) is 10.1. The van der Waals surface area contributed by atoms with Gasteiger partial charge in [0.1, 0.15) is 11.3 Å². The molecule has 1 fully saturated rings. The predicted molar refractivity (Wildman–Crippen MR) is 129 cm³/mol. The number of aromatic nitrogens is 2. The van der Waals surface area contributed by atoms with Crippen molar-refractivity contribution in [1.29, 1.82) is 0 Å². The zero-order valence-corrected chi connectivity index (χ0v) is 20.7. The fourth-order valence-corrected chi connectivity index (χ4v) is 5.88. The van der Waals surface area contributed by atoms with Gasteiger partial charge in [-0.25, -0.2) is 22.2 Å². The maximum Gasteiger partial charge on any atom is 0.251 e. The van der Waals surface area contributed by atoms with Crippen molar-refractivity contribution in [1.82, 2.24) is 9.97 Å². The van der Waals surface area contributed by atoms with Gasteiger partial charge in [0.25, 0.3) is 5.92 Å². The lowest BCUT2D eigenvalue weighted by Crippen LogP contribution is -2.39. The second-order valence-corrected chi connectivity index (χ2v) is 11.4. The Balaban J connectivity index is 1.69. The van der Waals surface area contributed by atoms with Gasteiger partial charge in [0.15, 0.2) is 9.84 Å². The molecular formula is C23H25Cl2F2N3O2S. The van der Waals surface area contributed by atoms with E-state index in [1.54, 1.807) is 42.2 Å². The molecule has 2 heterocycles. The molecule has 33 heavy (non-hydrogen) atoms. The SMILES string of the molecule is CCC(c1ccc(S(=O)(=O)CC)cc1)c1nc2c(Cl)c(N3CCC(F)(F)CC3)c(Cl)cc2[nH]1. The van der Waals surface area contributed by atoms with Crippen LogP contribution in [0.4, 0.5) is 14.5 Å². The summed E-state index contributed by atoms with van der Waals surface area (Å²) < 4.78 is 51.4. The summed E-state index contributed by atoms with van der Waals surface area (Å²) in [7, 11) is -3.27. The third kappa shape index (κ3) is 4.70. The van der Waals surface area contributed by atoms with E-state index in [-0.39, 0.29) is 37.6 Å². The lowest BCUT2D eigenvalue weighted by molar-refractivity contribution is -0.0220. The minimum absolute atomic E-state index is 0.0450. The first-order valence-electron chi connectivity index (χ1n) is 10.9. The number of sulfone groups is 1. The van der Waals surface area contributed by atoms with Crippen LogP contribution in [0.2, 0.25) is 10.0 Å². The van der Waals surface area contributed by atoms with Gasteiger partial charge in [-0.05, 0) is 30.2 Å². The van der Waals surface area contributed by atoms with Crippen molar-refractivity contribution in [3.05, 3.63) is 51.8 Å². The molecule has 4 rings (SSSR count). The summed E-state index contributed by atoms with van der Waals surface area (Å²) in [5.41, 5.74) is 2.65. The first-order valence-corrected chi connectivity index (χ1v) is 13.3. The molecule has 1 N–H and O–H groups in total. The number of fused-ring (bicyclic) bond motifs is 1. The Morgan fingerprint density at radius 3 is 2.36 bits per heavy atom. The second-order valence-electron chi connectivity index (χ2n) is 8.32. The van der Waals surface area contributed by atoms with E-state index in [1.807, 2.05) is 6.92 Å². The number of alkyl halides is 2. The largest absolute Gasteiger partial charge is 0.369 e. The summed E-state index contributed by atoms with van der Waals surface area (Å²) in [6.07, 6.45) is 0.232. The normalized spacial score (nSPS) is 17.5. The zero-order valence-electron chi connectivity index (χ0n) is 18.3. The maximum atomic E-state index is 13.6. The van der Waals surface area contributed by atoms with E-state index in [9.17, 15) is 17.2 Å². The molecule has 0 radical (unpaired) electrons. The number of hydrogen-bond acceptors (Lipinski definition) is 4. The molecule has 5 nitrogen and oxygen atoms in total. The van der Waals surface area contributed by atoms with Gasteiger partial charge in [-0.1, -0.05) is 49.2 Å². The van der Waals surface area contributed by atoms with E-state index >= 15 is 0 Å². The van der Waals surface area contributed by atoms with Crippen molar-refractivity contribution in [2.24, 2.45) is 0 Å². The standard InChI is InChI=1S/C23H25Cl2F2N3O2S/c1-3-16(14-5-7-15(8-6-14)33(31,32)4-2)22-28-18-13-17(24)21(19(25)20(18)29-22)30-11-9-23(26,27)10-12-30/h5-8,13,16H,3-4,9-12H2,1-2H3,(H,28,29). The van der Waals surface area contributed by atoms with E-state index in [1.165, 1.54) is 0 Å². The van der Waals surface area contributed by atoms with Gasteiger partial charge >= 0.3 is 0 Å². The van der Waals surface area contributed by atoms with Crippen LogP contribution in [0.3, 0.4) is 0 Å². The quantitative estimate of drug-likeness (QED) is 0.410. The molecule has 2 aromatic carbocycles. The number of halogens is 4. The third-order valence-corrected chi connectivity index (χ3v) is 8.63. The van der Waals surface area contributed by atoms with Crippen LogP contribution in [-0.4, -0.2) is 43.2 Å². The highest BCUT2D eigenvalue weighted by molar-refractivity contribution is 7.91. The number of imidazole rings is 1. The molecule has 0 saturated carbocycles. The number of nitrogens with zero attached hydrogens (tertiary/aromatic N) is 2. The van der Waals surface area contributed by atoms with Gasteiger partial charge in [-0.2, -0.15) is 0 Å². The topological polar surface area (TPSA) is 66.1 Å². The Labute approximate surface area is 202 Å². The van der Waals surface area contributed by atoms with Crippen LogP contribution in [0, 0.1) is 0 Å². The molecule has 0 amide bonds. The number of hydrogen-bond donors (Lipinski definition) is 1. The molecule has 1 unspecified atom stereocenters. The fraction of sp³-hybridized carbons (Fsp3) is 0.435. The summed E-state index contributed by atoms with van der Waals surface area (Å²) >= 11 is 13.2. The van der Waals surface area contributed by atoms with E-state index < -0.39 is 15.8 Å². The number of piperidine rings is 1. The van der Waals surface area contributed by atoms with Crippen molar-refractivity contribution in [2.75, 3.05) is 23.7 Å². The molecule has 1 aliphatic heterocycles. The predicted octanol–water partition coefficient (Wildman–Crippen LogP) is 6.44. The molecule has 178 valence electrons. The van der Waals surface area contributed by atoms with Crippen LogP contribution < -0.4 is 4.90 Å². The number of anilines is 1. The Kier molecular flexibility index (Phi) is 6.64. The van der Waals surface area contributed by atoms with Crippen LogP contribution in [-0.2, 0) is 9.84 Å². The molecule has 1 atom stereocenters. The van der Waals surface area contributed by atoms with Crippen molar-refractivity contribution >= 4 is 49.8 Å². The number of rotatable bonds is 6. The smallest absolute Gasteiger partial charge is 0.251 e. The summed E-state index contributed by atoms with van der Waals surface area (Å²) in [6.45, 7) is 3.97. The van der Waals surface area contributed by atoms with Crippen LogP contribution in [0.15, 0.2) is 35.2 Å². The van der Waals surface area contributed by atoms with Crippen molar-refractivity contribution in [3.8, 4) is 0 Å². The molecule has 1 saturated heterocycles. The van der Waals surface area contributed by atoms with Gasteiger partial charge in [0.2, 0.25) is 0 Å². The molecule has 0 spiro atoms. The second kappa shape index (κ2) is 9.04. The molecule has 1 aliphatic rings. The molecule has 0 bridgehead atoms. The Hall–Kier alpha value is -1.90. The molecule has 10 heteroatoms. The van der Waals surface area contributed by atoms with Crippen LogP contribution in [0.5, 0.6) is 0 Å². The van der Waals surface area contributed by atoms with Gasteiger partial charge in [0.05, 0.1) is 31.9 Å². The maximum absolute atomic E-state index is 13.6. The number of aromatic amines is 1. The number of nitrogens with one attached hydrogen (secondary N) is 1. The highest BCUT2D eigenvalue weighted by Gasteiger charge is 2.35. The fourth-order valence-electron chi connectivity index (χ4n) is 4.26. The highest BCUT2D eigenvalue weighted by Crippen LogP contribution is 2.42. The minimum atomic E-state index is -3.27. The van der Waals surface area contributed by atoms with E-state index in [2.05, 4.69) is 4.98 Å². The lowest BCUT2D eigenvalue weighted by atomic mass is 9.96. The summed E-state index contributed by atoms with van der Waals surface area (Å²) in [5, 5.41) is 0.722. The van der Waals surface area contributed by atoms with Crippen LogP contribution in [0.25, 0.3) is 11.0 Å². The first-order chi connectivity index (χ1) is 15.6. The lowest BCUT2D eigenvalue weighted by Gasteiger charge is -2.34. The third-order valence-electron chi connectivity index (χ3n) is 6.23. The molecule has 3 aromatic rings. The summed E-state index contributed by atoms with van der Waals surface area (Å²) in [6, 6.07) is 8.57. The van der Waals surface area contributed by atoms with Gasteiger partial charge in [0, 0.05) is 31.8 Å². The van der Waals surface area contributed by atoms with Gasteiger partial charge in [-0.15, -0.1) is 0 Å². The Bertz CT molecular complexity index is 1270. The van der Waals surface area contributed by atoms with Crippen molar-refractivity contribution in [3.63, 3.8) is 0 Å². The number of benzene rings is 2. The first kappa shape index (κ1) is 24.2. The molecule has 0 aliphatic carbocycles. The minimum Gasteiger partial charge on any atom is -0.369 e. The molecular weight excluding hydrogens is 491 g/mol.